The Hall–Kier alpha value is -3.84. The molecule has 0 aliphatic heterocycles. The molecule has 0 bridgehead atoms. The number of nitrogens with one attached hydrogen (secondary N) is 2. The third-order valence-electron chi connectivity index (χ3n) is 4.56. The molecule has 2 aromatic carbocycles. The first-order chi connectivity index (χ1) is 15.0. The molecule has 0 radical (unpaired) electrons. The number of aryl methyl sites for hydroxylation is 1. The summed E-state index contributed by atoms with van der Waals surface area (Å²) in [4.78, 5) is 29.1. The summed E-state index contributed by atoms with van der Waals surface area (Å²) in [6.07, 6.45) is 1.66. The number of pyridine rings is 1. The molecule has 0 aliphatic rings. The van der Waals surface area contributed by atoms with Crippen LogP contribution in [0.15, 0.2) is 77.7 Å². The van der Waals surface area contributed by atoms with Crippen molar-refractivity contribution in [2.45, 2.75) is 13.5 Å². The summed E-state index contributed by atoms with van der Waals surface area (Å²) in [5.74, 6) is 0.453. The fraction of sp³-hybridized carbons (Fsp3) is 0.0870. The molecule has 4 aromatic rings. The number of rotatable bonds is 5. The Balaban J connectivity index is 1.46. The molecule has 31 heavy (non-hydrogen) atoms. The molecule has 4 rings (SSSR count). The van der Waals surface area contributed by atoms with Gasteiger partial charge in [-0.15, -0.1) is 0 Å². The van der Waals surface area contributed by atoms with Crippen LogP contribution in [0, 0.1) is 6.92 Å². The maximum Gasteiger partial charge on any atom is 0.323 e. The van der Waals surface area contributed by atoms with Gasteiger partial charge in [-0.3, -0.25) is 9.20 Å². The lowest BCUT2D eigenvalue weighted by Crippen LogP contribution is -2.20. The number of benzene rings is 2. The van der Waals surface area contributed by atoms with Crippen molar-refractivity contribution in [3.05, 3.63) is 99.6 Å². The highest BCUT2D eigenvalue weighted by Crippen LogP contribution is 2.25. The second-order valence-electron chi connectivity index (χ2n) is 6.84. The van der Waals surface area contributed by atoms with E-state index in [1.807, 2.05) is 19.1 Å². The van der Waals surface area contributed by atoms with Gasteiger partial charge in [-0.25, -0.2) is 9.78 Å². The predicted octanol–water partition coefficient (Wildman–Crippen LogP) is 4.88. The van der Waals surface area contributed by atoms with Crippen LogP contribution in [0.25, 0.3) is 5.65 Å². The average Bonchev–Trinajstić information content (AvgIpc) is 2.76. The summed E-state index contributed by atoms with van der Waals surface area (Å²) in [7, 11) is 0. The molecule has 156 valence electrons. The van der Waals surface area contributed by atoms with E-state index in [9.17, 15) is 9.59 Å². The third-order valence-corrected chi connectivity index (χ3v) is 4.97. The first kappa shape index (κ1) is 20.4. The molecule has 0 fully saturated rings. The van der Waals surface area contributed by atoms with E-state index in [1.165, 1.54) is 10.5 Å². The van der Waals surface area contributed by atoms with Crippen molar-refractivity contribution in [1.82, 2.24) is 9.38 Å². The fourth-order valence-corrected chi connectivity index (χ4v) is 3.16. The molecular formula is C23H19ClN4O3. The van der Waals surface area contributed by atoms with Crippen molar-refractivity contribution in [1.29, 1.82) is 0 Å². The van der Waals surface area contributed by atoms with E-state index in [4.69, 9.17) is 16.3 Å². The summed E-state index contributed by atoms with van der Waals surface area (Å²) in [6.45, 7) is 1.97. The lowest BCUT2D eigenvalue weighted by Gasteiger charge is -2.13. The van der Waals surface area contributed by atoms with Gasteiger partial charge in [0, 0.05) is 23.0 Å². The number of nitrogens with zero attached hydrogens (tertiary/aromatic N) is 2. The number of carbonyl (C=O) groups excluding carboxylic acids is 1. The minimum Gasteiger partial charge on any atom is -0.485 e. The van der Waals surface area contributed by atoms with Gasteiger partial charge in [0.1, 0.15) is 18.0 Å². The zero-order chi connectivity index (χ0) is 21.8. The molecule has 0 atom stereocenters. The Labute approximate surface area is 183 Å². The molecule has 2 heterocycles. The Morgan fingerprint density at radius 2 is 1.87 bits per heavy atom. The average molecular weight is 435 g/mol. The van der Waals surface area contributed by atoms with Gasteiger partial charge in [0.15, 0.2) is 0 Å². The van der Waals surface area contributed by atoms with Crippen molar-refractivity contribution >= 4 is 34.7 Å². The van der Waals surface area contributed by atoms with Crippen LogP contribution in [0.4, 0.5) is 16.2 Å². The van der Waals surface area contributed by atoms with Crippen LogP contribution >= 0.6 is 11.6 Å². The highest BCUT2D eigenvalue weighted by Gasteiger charge is 2.10. The zero-order valence-corrected chi connectivity index (χ0v) is 17.4. The number of hydrogen-bond donors (Lipinski definition) is 2. The van der Waals surface area contributed by atoms with E-state index in [2.05, 4.69) is 15.6 Å². The van der Waals surface area contributed by atoms with Crippen molar-refractivity contribution < 1.29 is 9.53 Å². The number of para-hydroxylation sites is 2. The van der Waals surface area contributed by atoms with Crippen LogP contribution in [0.5, 0.6) is 5.75 Å². The lowest BCUT2D eigenvalue weighted by atomic mass is 10.2. The number of fused-ring (bicyclic) bond motifs is 1. The smallest absolute Gasteiger partial charge is 0.323 e. The SMILES string of the molecule is Cc1ccc(NC(=O)Nc2ccccc2OCc2cc(=O)n3ccccc3n2)cc1Cl. The van der Waals surface area contributed by atoms with Gasteiger partial charge in [-0.2, -0.15) is 0 Å². The second kappa shape index (κ2) is 8.89. The van der Waals surface area contributed by atoms with E-state index in [0.717, 1.165) is 5.56 Å². The summed E-state index contributed by atoms with van der Waals surface area (Å²) in [5.41, 5.74) is 2.82. The van der Waals surface area contributed by atoms with Crippen LogP contribution in [0.2, 0.25) is 5.02 Å². The molecule has 8 heteroatoms. The monoisotopic (exact) mass is 434 g/mol. The molecule has 0 spiro atoms. The van der Waals surface area contributed by atoms with Crippen LogP contribution in [-0.4, -0.2) is 15.4 Å². The molecule has 0 unspecified atom stereocenters. The highest BCUT2D eigenvalue weighted by atomic mass is 35.5. The summed E-state index contributed by atoms with van der Waals surface area (Å²) in [5, 5.41) is 6.08. The van der Waals surface area contributed by atoms with E-state index in [-0.39, 0.29) is 12.2 Å². The zero-order valence-electron chi connectivity index (χ0n) is 16.6. The number of aromatic nitrogens is 2. The van der Waals surface area contributed by atoms with E-state index in [0.29, 0.717) is 33.5 Å². The Bertz CT molecular complexity index is 1320. The lowest BCUT2D eigenvalue weighted by molar-refractivity contribution is 0.261. The van der Waals surface area contributed by atoms with E-state index < -0.39 is 6.03 Å². The van der Waals surface area contributed by atoms with Gasteiger partial charge in [0.2, 0.25) is 0 Å². The van der Waals surface area contributed by atoms with Crippen LogP contribution in [0.3, 0.4) is 0 Å². The Kier molecular flexibility index (Phi) is 5.86. The number of amides is 2. The summed E-state index contributed by atoms with van der Waals surface area (Å²) in [6, 6.07) is 18.6. The molecule has 7 nitrogen and oxygen atoms in total. The first-order valence-corrected chi connectivity index (χ1v) is 9.91. The standard InChI is InChI=1S/C23H19ClN4O3/c1-15-9-10-16(12-18(15)24)26-23(30)27-19-6-2-3-7-20(19)31-14-17-13-22(29)28-11-5-4-8-21(28)25-17/h2-13H,14H2,1H3,(H2,26,27,30). The van der Waals surface area contributed by atoms with Crippen LogP contribution < -0.4 is 20.9 Å². The Morgan fingerprint density at radius 3 is 2.71 bits per heavy atom. The molecule has 2 aromatic heterocycles. The number of carbonyl (C=O) groups is 1. The normalized spacial score (nSPS) is 10.6. The van der Waals surface area contributed by atoms with Crippen molar-refractivity contribution in [3.63, 3.8) is 0 Å². The maximum absolute atomic E-state index is 12.4. The first-order valence-electron chi connectivity index (χ1n) is 9.53. The van der Waals surface area contributed by atoms with Gasteiger partial charge < -0.3 is 15.4 Å². The Morgan fingerprint density at radius 1 is 1.06 bits per heavy atom. The van der Waals surface area contributed by atoms with Gasteiger partial charge in [-0.05, 0) is 48.9 Å². The number of anilines is 2. The van der Waals surface area contributed by atoms with Gasteiger partial charge >= 0.3 is 6.03 Å². The molecule has 2 amide bonds. The number of ether oxygens (including phenoxy) is 1. The highest BCUT2D eigenvalue weighted by molar-refractivity contribution is 6.31. The topological polar surface area (TPSA) is 84.7 Å². The fourth-order valence-electron chi connectivity index (χ4n) is 2.98. The molecule has 2 N–H and O–H groups in total. The molecule has 0 aliphatic carbocycles. The maximum atomic E-state index is 12.4. The van der Waals surface area contributed by atoms with Crippen LogP contribution in [0.1, 0.15) is 11.3 Å². The molecule has 0 saturated heterocycles. The third kappa shape index (κ3) is 4.84. The molecular weight excluding hydrogens is 416 g/mol. The number of halogens is 1. The minimum absolute atomic E-state index is 0.0779. The largest absolute Gasteiger partial charge is 0.485 e. The van der Waals surface area contributed by atoms with E-state index >= 15 is 0 Å². The van der Waals surface area contributed by atoms with Crippen molar-refractivity contribution in [2.75, 3.05) is 10.6 Å². The second-order valence-corrected chi connectivity index (χ2v) is 7.25. The summed E-state index contributed by atoms with van der Waals surface area (Å²) >= 11 is 6.11. The quantitative estimate of drug-likeness (QED) is 0.469. The van der Waals surface area contributed by atoms with Gasteiger partial charge in [-0.1, -0.05) is 35.9 Å². The number of hydrogen-bond acceptors (Lipinski definition) is 4. The van der Waals surface area contributed by atoms with Crippen molar-refractivity contribution in [2.24, 2.45) is 0 Å². The van der Waals surface area contributed by atoms with Gasteiger partial charge in [0.05, 0.1) is 11.4 Å². The summed E-state index contributed by atoms with van der Waals surface area (Å²) < 4.78 is 7.30. The molecule has 0 saturated carbocycles. The number of urea groups is 1. The van der Waals surface area contributed by atoms with E-state index in [1.54, 1.807) is 54.7 Å². The van der Waals surface area contributed by atoms with Gasteiger partial charge in [0.25, 0.3) is 5.56 Å². The van der Waals surface area contributed by atoms with Crippen molar-refractivity contribution in [3.8, 4) is 5.75 Å². The minimum atomic E-state index is -0.432. The predicted molar refractivity (Wildman–Crippen MR) is 121 cm³/mol. The van der Waals surface area contributed by atoms with Crippen LogP contribution in [-0.2, 0) is 6.61 Å².